The van der Waals surface area contributed by atoms with E-state index in [9.17, 15) is 4.79 Å². The van der Waals surface area contributed by atoms with E-state index < -0.39 is 0 Å². The molecule has 2 aromatic rings. The fourth-order valence-electron chi connectivity index (χ4n) is 2.63. The van der Waals surface area contributed by atoms with Gasteiger partial charge < -0.3 is 10.1 Å². The summed E-state index contributed by atoms with van der Waals surface area (Å²) in [6.07, 6.45) is 2.11. The standard InChI is InChI=1S/C17H18N2O2/c1-11(20)13-6-5-12(10-17(13)21-2)14-7-8-15-16(19-14)4-3-9-18-15/h5-8,10,18H,3-4,9H2,1-2H3. The minimum atomic E-state index is 0.000926. The molecule has 4 heteroatoms. The molecule has 0 unspecified atom stereocenters. The first-order valence-electron chi connectivity index (χ1n) is 7.12. The summed E-state index contributed by atoms with van der Waals surface area (Å²) in [5.41, 5.74) is 4.70. The van der Waals surface area contributed by atoms with Gasteiger partial charge in [0.1, 0.15) is 5.75 Å². The van der Waals surface area contributed by atoms with Gasteiger partial charge in [-0.15, -0.1) is 0 Å². The normalized spacial score (nSPS) is 13.2. The molecule has 108 valence electrons. The van der Waals surface area contributed by atoms with Gasteiger partial charge in [0.15, 0.2) is 5.78 Å². The third kappa shape index (κ3) is 2.61. The zero-order valence-corrected chi connectivity index (χ0v) is 12.3. The zero-order chi connectivity index (χ0) is 14.8. The molecular weight excluding hydrogens is 264 g/mol. The van der Waals surface area contributed by atoms with Crippen molar-refractivity contribution < 1.29 is 9.53 Å². The topological polar surface area (TPSA) is 51.2 Å². The summed E-state index contributed by atoms with van der Waals surface area (Å²) in [6.45, 7) is 2.55. The Balaban J connectivity index is 2.02. The Morgan fingerprint density at radius 2 is 2.14 bits per heavy atom. The zero-order valence-electron chi connectivity index (χ0n) is 12.3. The highest BCUT2D eigenvalue weighted by molar-refractivity contribution is 5.97. The fourth-order valence-corrected chi connectivity index (χ4v) is 2.63. The average molecular weight is 282 g/mol. The molecule has 1 aromatic heterocycles. The van der Waals surface area contributed by atoms with Gasteiger partial charge in [0.2, 0.25) is 0 Å². The molecule has 0 fully saturated rings. The van der Waals surface area contributed by atoms with Crippen LogP contribution in [0.15, 0.2) is 30.3 Å². The van der Waals surface area contributed by atoms with Crippen LogP contribution >= 0.6 is 0 Å². The van der Waals surface area contributed by atoms with Gasteiger partial charge in [-0.05, 0) is 44.0 Å². The lowest BCUT2D eigenvalue weighted by Gasteiger charge is -2.18. The number of hydrogen-bond acceptors (Lipinski definition) is 4. The summed E-state index contributed by atoms with van der Waals surface area (Å²) in [7, 11) is 1.58. The van der Waals surface area contributed by atoms with E-state index in [4.69, 9.17) is 9.72 Å². The van der Waals surface area contributed by atoms with E-state index in [0.29, 0.717) is 11.3 Å². The molecule has 1 aromatic carbocycles. The molecule has 0 saturated carbocycles. The Hall–Kier alpha value is -2.36. The van der Waals surface area contributed by atoms with Gasteiger partial charge in [-0.25, -0.2) is 0 Å². The number of nitrogens with zero attached hydrogens (tertiary/aromatic N) is 1. The SMILES string of the molecule is COc1cc(-c2ccc3c(n2)CCCN3)ccc1C(C)=O. The highest BCUT2D eigenvalue weighted by Gasteiger charge is 2.13. The number of ketones is 1. The summed E-state index contributed by atoms with van der Waals surface area (Å²) < 4.78 is 5.32. The Morgan fingerprint density at radius 1 is 1.29 bits per heavy atom. The second-order valence-electron chi connectivity index (χ2n) is 5.19. The third-order valence-corrected chi connectivity index (χ3v) is 3.76. The molecule has 0 radical (unpaired) electrons. The molecule has 0 spiro atoms. The number of carbonyl (C=O) groups excluding carboxylic acids is 1. The van der Waals surface area contributed by atoms with Gasteiger partial charge in [-0.1, -0.05) is 6.07 Å². The summed E-state index contributed by atoms with van der Waals surface area (Å²) in [5, 5.41) is 3.36. The number of ether oxygens (including phenoxy) is 1. The van der Waals surface area contributed by atoms with Crippen LogP contribution in [0, 0.1) is 0 Å². The van der Waals surface area contributed by atoms with E-state index in [1.807, 2.05) is 18.2 Å². The van der Waals surface area contributed by atoms with Crippen LogP contribution < -0.4 is 10.1 Å². The van der Waals surface area contributed by atoms with Crippen LogP contribution in [-0.2, 0) is 6.42 Å². The van der Waals surface area contributed by atoms with E-state index in [1.165, 1.54) is 0 Å². The number of anilines is 1. The summed E-state index contributed by atoms with van der Waals surface area (Å²) in [5.74, 6) is 0.596. The van der Waals surface area contributed by atoms with Crippen LogP contribution in [-0.4, -0.2) is 24.4 Å². The van der Waals surface area contributed by atoms with Crippen molar-refractivity contribution in [2.75, 3.05) is 19.0 Å². The van der Waals surface area contributed by atoms with Crippen LogP contribution in [0.4, 0.5) is 5.69 Å². The second-order valence-corrected chi connectivity index (χ2v) is 5.19. The minimum absolute atomic E-state index is 0.000926. The number of fused-ring (bicyclic) bond motifs is 1. The molecule has 0 aliphatic carbocycles. The Labute approximate surface area is 124 Å². The van der Waals surface area contributed by atoms with Gasteiger partial charge in [0.25, 0.3) is 0 Å². The van der Waals surface area contributed by atoms with Crippen LogP contribution in [0.5, 0.6) is 5.75 Å². The second kappa shape index (κ2) is 5.56. The number of carbonyl (C=O) groups is 1. The number of rotatable bonds is 3. The minimum Gasteiger partial charge on any atom is -0.496 e. The Morgan fingerprint density at radius 3 is 2.90 bits per heavy atom. The lowest BCUT2D eigenvalue weighted by molar-refractivity contribution is 0.101. The van der Waals surface area contributed by atoms with Gasteiger partial charge in [0, 0.05) is 12.1 Å². The number of Topliss-reactive ketones (excluding diaryl/α,β-unsaturated/α-hetero) is 1. The van der Waals surface area contributed by atoms with Crippen LogP contribution in [0.2, 0.25) is 0 Å². The molecule has 1 N–H and O–H groups in total. The van der Waals surface area contributed by atoms with Crippen LogP contribution in [0.25, 0.3) is 11.3 Å². The molecule has 3 rings (SSSR count). The molecular formula is C17H18N2O2. The molecule has 0 bridgehead atoms. The Bertz CT molecular complexity index is 695. The van der Waals surface area contributed by atoms with Gasteiger partial charge in [-0.2, -0.15) is 0 Å². The lowest BCUT2D eigenvalue weighted by atomic mass is 10.0. The number of nitrogens with one attached hydrogen (secondary N) is 1. The van der Waals surface area contributed by atoms with Crippen molar-refractivity contribution in [3.05, 3.63) is 41.6 Å². The van der Waals surface area contributed by atoms with E-state index in [1.54, 1.807) is 20.1 Å². The highest BCUT2D eigenvalue weighted by Crippen LogP contribution is 2.29. The van der Waals surface area contributed by atoms with Crippen LogP contribution in [0.1, 0.15) is 29.4 Å². The number of benzene rings is 1. The maximum Gasteiger partial charge on any atom is 0.163 e. The lowest BCUT2D eigenvalue weighted by Crippen LogP contribution is -2.13. The van der Waals surface area contributed by atoms with E-state index in [2.05, 4.69) is 11.4 Å². The largest absolute Gasteiger partial charge is 0.496 e. The van der Waals surface area contributed by atoms with Gasteiger partial charge in [-0.3, -0.25) is 9.78 Å². The van der Waals surface area contributed by atoms with E-state index >= 15 is 0 Å². The van der Waals surface area contributed by atoms with E-state index in [0.717, 1.165) is 42.0 Å². The molecule has 0 amide bonds. The number of hydrogen-bond donors (Lipinski definition) is 1. The summed E-state index contributed by atoms with van der Waals surface area (Å²) in [4.78, 5) is 16.3. The van der Waals surface area contributed by atoms with Gasteiger partial charge in [0.05, 0.1) is 29.7 Å². The quantitative estimate of drug-likeness (QED) is 0.877. The van der Waals surface area contributed by atoms with Gasteiger partial charge >= 0.3 is 0 Å². The third-order valence-electron chi connectivity index (χ3n) is 3.76. The van der Waals surface area contributed by atoms with Crippen molar-refractivity contribution in [3.8, 4) is 17.0 Å². The smallest absolute Gasteiger partial charge is 0.163 e. The maximum absolute atomic E-state index is 11.6. The van der Waals surface area contributed by atoms with Crippen molar-refractivity contribution >= 4 is 11.5 Å². The predicted molar refractivity (Wildman–Crippen MR) is 83.0 cm³/mol. The van der Waals surface area contributed by atoms with Crippen molar-refractivity contribution in [2.24, 2.45) is 0 Å². The molecule has 0 saturated heterocycles. The van der Waals surface area contributed by atoms with Crippen LogP contribution in [0.3, 0.4) is 0 Å². The summed E-state index contributed by atoms with van der Waals surface area (Å²) >= 11 is 0. The maximum atomic E-state index is 11.6. The van der Waals surface area contributed by atoms with E-state index in [-0.39, 0.29) is 5.78 Å². The predicted octanol–water partition coefficient (Wildman–Crippen LogP) is 3.32. The number of pyridine rings is 1. The Kier molecular flexibility index (Phi) is 3.60. The molecule has 0 atom stereocenters. The van der Waals surface area contributed by atoms with Crippen molar-refractivity contribution in [1.82, 2.24) is 4.98 Å². The highest BCUT2D eigenvalue weighted by atomic mass is 16.5. The first-order chi connectivity index (χ1) is 10.2. The van der Waals surface area contributed by atoms with Crippen molar-refractivity contribution in [3.63, 3.8) is 0 Å². The fraction of sp³-hybridized carbons (Fsp3) is 0.294. The number of aromatic nitrogens is 1. The molecule has 1 aliphatic rings. The first kappa shape index (κ1) is 13.6. The van der Waals surface area contributed by atoms with Crippen molar-refractivity contribution in [1.29, 1.82) is 0 Å². The first-order valence-corrected chi connectivity index (χ1v) is 7.12. The number of aryl methyl sites for hydroxylation is 1. The number of methoxy groups -OCH3 is 1. The molecule has 21 heavy (non-hydrogen) atoms. The monoisotopic (exact) mass is 282 g/mol. The average Bonchev–Trinajstić information content (AvgIpc) is 2.53. The molecule has 1 aliphatic heterocycles. The summed E-state index contributed by atoms with van der Waals surface area (Å²) in [6, 6.07) is 9.67. The van der Waals surface area contributed by atoms with Crippen molar-refractivity contribution in [2.45, 2.75) is 19.8 Å². The molecule has 2 heterocycles. The molecule has 4 nitrogen and oxygen atoms in total.